The average Bonchev–Trinajstić information content (AvgIpc) is 2.90. The van der Waals surface area contributed by atoms with Gasteiger partial charge in [-0.05, 0) is 36.5 Å². The Kier molecular flexibility index (Phi) is 5.08. The Labute approximate surface area is 116 Å². The molecular formula is C16H25NO2. The van der Waals surface area contributed by atoms with Gasteiger partial charge in [0.1, 0.15) is 0 Å². The smallest absolute Gasteiger partial charge is 0.231 e. The van der Waals surface area contributed by atoms with E-state index in [1.54, 1.807) is 0 Å². The van der Waals surface area contributed by atoms with Gasteiger partial charge in [0.25, 0.3) is 0 Å². The number of nitrogens with one attached hydrogen (secondary N) is 1. The highest BCUT2D eigenvalue weighted by atomic mass is 16.7. The van der Waals surface area contributed by atoms with E-state index in [2.05, 4.69) is 38.2 Å². The second-order valence-electron chi connectivity index (χ2n) is 5.42. The monoisotopic (exact) mass is 263 g/mol. The Balaban J connectivity index is 1.87. The van der Waals surface area contributed by atoms with Crippen LogP contribution in [0.2, 0.25) is 0 Å². The minimum atomic E-state index is 0.345. The molecule has 0 radical (unpaired) electrons. The van der Waals surface area contributed by atoms with Crippen molar-refractivity contribution in [2.75, 3.05) is 6.79 Å². The van der Waals surface area contributed by atoms with Gasteiger partial charge in [0, 0.05) is 12.6 Å². The van der Waals surface area contributed by atoms with E-state index in [-0.39, 0.29) is 0 Å². The summed E-state index contributed by atoms with van der Waals surface area (Å²) in [6.07, 6.45) is 3.68. The van der Waals surface area contributed by atoms with Crippen molar-refractivity contribution in [3.63, 3.8) is 0 Å². The van der Waals surface area contributed by atoms with Crippen LogP contribution in [-0.2, 0) is 6.54 Å². The molecule has 0 amide bonds. The molecule has 0 aliphatic carbocycles. The summed E-state index contributed by atoms with van der Waals surface area (Å²) in [4.78, 5) is 0. The Morgan fingerprint density at radius 2 is 1.95 bits per heavy atom. The molecule has 19 heavy (non-hydrogen) atoms. The first kappa shape index (κ1) is 14.2. The summed E-state index contributed by atoms with van der Waals surface area (Å²) < 4.78 is 10.7. The van der Waals surface area contributed by atoms with Gasteiger partial charge in [-0.25, -0.2) is 0 Å². The standard InChI is InChI=1S/C16H25NO2/c1-4-12(3)8-14(5-2)17-10-13-6-7-15-16(9-13)19-11-18-15/h6-7,9,12,14,17H,4-5,8,10-11H2,1-3H3. The molecule has 2 rings (SSSR count). The molecule has 1 N–H and O–H groups in total. The molecule has 1 aromatic carbocycles. The zero-order valence-electron chi connectivity index (χ0n) is 12.2. The van der Waals surface area contributed by atoms with Crippen LogP contribution in [0.4, 0.5) is 0 Å². The van der Waals surface area contributed by atoms with Crippen molar-refractivity contribution in [3.05, 3.63) is 23.8 Å². The first-order valence-corrected chi connectivity index (χ1v) is 7.34. The van der Waals surface area contributed by atoms with Gasteiger partial charge in [-0.3, -0.25) is 0 Å². The highest BCUT2D eigenvalue weighted by Crippen LogP contribution is 2.32. The van der Waals surface area contributed by atoms with Crippen LogP contribution in [0.25, 0.3) is 0 Å². The Bertz CT molecular complexity index is 406. The van der Waals surface area contributed by atoms with Gasteiger partial charge in [0.15, 0.2) is 11.5 Å². The van der Waals surface area contributed by atoms with Gasteiger partial charge >= 0.3 is 0 Å². The van der Waals surface area contributed by atoms with Crippen LogP contribution in [-0.4, -0.2) is 12.8 Å². The molecule has 3 heteroatoms. The fourth-order valence-electron chi connectivity index (χ4n) is 2.36. The second-order valence-corrected chi connectivity index (χ2v) is 5.42. The first-order chi connectivity index (χ1) is 9.22. The van der Waals surface area contributed by atoms with Crippen molar-refractivity contribution in [2.45, 2.75) is 52.6 Å². The molecule has 1 heterocycles. The summed E-state index contributed by atoms with van der Waals surface area (Å²) in [5.74, 6) is 2.51. The van der Waals surface area contributed by atoms with E-state index in [9.17, 15) is 0 Å². The topological polar surface area (TPSA) is 30.5 Å². The maximum atomic E-state index is 5.40. The number of hydrogen-bond acceptors (Lipinski definition) is 3. The van der Waals surface area contributed by atoms with Crippen LogP contribution in [0.3, 0.4) is 0 Å². The molecule has 1 aliphatic heterocycles. The Hall–Kier alpha value is -1.22. The maximum Gasteiger partial charge on any atom is 0.231 e. The van der Waals surface area contributed by atoms with Crippen LogP contribution >= 0.6 is 0 Å². The van der Waals surface area contributed by atoms with Crippen molar-refractivity contribution in [2.24, 2.45) is 5.92 Å². The normalized spacial score (nSPS) is 16.4. The molecule has 0 bridgehead atoms. The van der Waals surface area contributed by atoms with E-state index >= 15 is 0 Å². The minimum Gasteiger partial charge on any atom is -0.454 e. The number of hydrogen-bond donors (Lipinski definition) is 1. The molecule has 0 fully saturated rings. The summed E-state index contributed by atoms with van der Waals surface area (Å²) in [7, 11) is 0. The van der Waals surface area contributed by atoms with Crippen molar-refractivity contribution < 1.29 is 9.47 Å². The van der Waals surface area contributed by atoms with E-state index < -0.39 is 0 Å². The number of ether oxygens (including phenoxy) is 2. The predicted octanol–water partition coefficient (Wildman–Crippen LogP) is 3.72. The molecule has 0 saturated heterocycles. The molecule has 0 saturated carbocycles. The third-order valence-electron chi connectivity index (χ3n) is 3.91. The van der Waals surface area contributed by atoms with Crippen LogP contribution in [0.5, 0.6) is 11.5 Å². The van der Waals surface area contributed by atoms with Crippen molar-refractivity contribution in [3.8, 4) is 11.5 Å². The summed E-state index contributed by atoms with van der Waals surface area (Å²) in [5.41, 5.74) is 1.26. The lowest BCUT2D eigenvalue weighted by Crippen LogP contribution is -2.29. The summed E-state index contributed by atoms with van der Waals surface area (Å²) in [5, 5.41) is 3.65. The molecule has 106 valence electrons. The number of benzene rings is 1. The SMILES string of the molecule is CCC(C)CC(CC)NCc1ccc2c(c1)OCO2. The van der Waals surface area contributed by atoms with Gasteiger partial charge in [0.05, 0.1) is 0 Å². The second kappa shape index (κ2) is 6.80. The summed E-state index contributed by atoms with van der Waals surface area (Å²) >= 11 is 0. The molecule has 1 aromatic rings. The maximum absolute atomic E-state index is 5.40. The molecule has 0 aromatic heterocycles. The average molecular weight is 263 g/mol. The highest BCUT2D eigenvalue weighted by molar-refractivity contribution is 5.44. The van der Waals surface area contributed by atoms with E-state index in [4.69, 9.17) is 9.47 Å². The molecular weight excluding hydrogens is 238 g/mol. The van der Waals surface area contributed by atoms with Crippen LogP contribution < -0.4 is 14.8 Å². The number of rotatable bonds is 7. The molecule has 3 nitrogen and oxygen atoms in total. The van der Waals surface area contributed by atoms with Gasteiger partial charge in [0.2, 0.25) is 6.79 Å². The lowest BCUT2D eigenvalue weighted by atomic mass is 9.97. The third-order valence-corrected chi connectivity index (χ3v) is 3.91. The van der Waals surface area contributed by atoms with E-state index in [1.807, 2.05) is 6.07 Å². The van der Waals surface area contributed by atoms with Crippen molar-refractivity contribution in [1.29, 1.82) is 0 Å². The van der Waals surface area contributed by atoms with Gasteiger partial charge in [-0.1, -0.05) is 33.3 Å². The fourth-order valence-corrected chi connectivity index (χ4v) is 2.36. The van der Waals surface area contributed by atoms with Crippen LogP contribution in [0.15, 0.2) is 18.2 Å². The molecule has 2 unspecified atom stereocenters. The minimum absolute atomic E-state index is 0.345. The number of fused-ring (bicyclic) bond motifs is 1. The zero-order chi connectivity index (χ0) is 13.7. The quantitative estimate of drug-likeness (QED) is 0.813. The lowest BCUT2D eigenvalue weighted by molar-refractivity contribution is 0.174. The Morgan fingerprint density at radius 1 is 1.16 bits per heavy atom. The van der Waals surface area contributed by atoms with Crippen LogP contribution in [0.1, 0.15) is 45.6 Å². The van der Waals surface area contributed by atoms with E-state index in [0.29, 0.717) is 12.8 Å². The van der Waals surface area contributed by atoms with E-state index in [1.165, 1.54) is 24.8 Å². The zero-order valence-corrected chi connectivity index (χ0v) is 12.2. The molecule has 0 spiro atoms. The Morgan fingerprint density at radius 3 is 2.68 bits per heavy atom. The van der Waals surface area contributed by atoms with Crippen molar-refractivity contribution in [1.82, 2.24) is 5.32 Å². The lowest BCUT2D eigenvalue weighted by Gasteiger charge is -2.20. The van der Waals surface area contributed by atoms with Crippen molar-refractivity contribution >= 4 is 0 Å². The summed E-state index contributed by atoms with van der Waals surface area (Å²) in [6.45, 7) is 8.07. The fraction of sp³-hybridized carbons (Fsp3) is 0.625. The van der Waals surface area contributed by atoms with Gasteiger partial charge in [-0.15, -0.1) is 0 Å². The highest BCUT2D eigenvalue weighted by Gasteiger charge is 2.14. The van der Waals surface area contributed by atoms with Gasteiger partial charge in [-0.2, -0.15) is 0 Å². The van der Waals surface area contributed by atoms with Gasteiger partial charge < -0.3 is 14.8 Å². The summed E-state index contributed by atoms with van der Waals surface area (Å²) in [6, 6.07) is 6.77. The molecule has 2 atom stereocenters. The largest absolute Gasteiger partial charge is 0.454 e. The third kappa shape index (κ3) is 3.87. The van der Waals surface area contributed by atoms with E-state index in [0.717, 1.165) is 24.0 Å². The predicted molar refractivity (Wildman–Crippen MR) is 77.6 cm³/mol. The van der Waals surface area contributed by atoms with Crippen LogP contribution in [0, 0.1) is 5.92 Å². The molecule has 1 aliphatic rings. The first-order valence-electron chi connectivity index (χ1n) is 7.34.